The minimum Gasteiger partial charge on any atom is -0.389 e. The maximum atomic E-state index is 16.1. The lowest BCUT2D eigenvalue weighted by Gasteiger charge is -2.42. The van der Waals surface area contributed by atoms with E-state index >= 15 is 4.39 Å². The summed E-state index contributed by atoms with van der Waals surface area (Å²) in [6, 6.07) is 5.66. The van der Waals surface area contributed by atoms with Crippen molar-refractivity contribution in [2.24, 2.45) is 0 Å². The van der Waals surface area contributed by atoms with Crippen molar-refractivity contribution < 1.29 is 18.4 Å². The van der Waals surface area contributed by atoms with Gasteiger partial charge in [0.2, 0.25) is 5.91 Å². The standard InChI is InChI=1S/C27H22F2N6O2S/c1-3-20(36)33-8-9-34-14(12-33)6-7-35-24-16(27(34)37)10-19(29)23(21(24)13(2)32-35)15-4-5-18(28)25-22(15)17(11-30)26(31)38-25/h3-5,10,14H,1,6-9,12,31H2,2H3. The molecule has 2 amide bonds. The van der Waals surface area contributed by atoms with Crippen molar-refractivity contribution in [3.8, 4) is 17.2 Å². The van der Waals surface area contributed by atoms with Gasteiger partial charge >= 0.3 is 0 Å². The Morgan fingerprint density at radius 2 is 2.03 bits per heavy atom. The Bertz CT molecular complexity index is 1750. The molecule has 2 aliphatic heterocycles. The van der Waals surface area contributed by atoms with Crippen LogP contribution in [0.5, 0.6) is 0 Å². The van der Waals surface area contributed by atoms with Crippen LogP contribution in [0.4, 0.5) is 13.8 Å². The number of amides is 2. The Morgan fingerprint density at radius 3 is 2.76 bits per heavy atom. The number of nitriles is 1. The number of anilines is 1. The molecular weight excluding hydrogens is 510 g/mol. The van der Waals surface area contributed by atoms with Gasteiger partial charge in [0, 0.05) is 42.5 Å². The summed E-state index contributed by atoms with van der Waals surface area (Å²) in [4.78, 5) is 29.4. The minimum atomic E-state index is -0.678. The molecule has 8 nitrogen and oxygen atoms in total. The van der Waals surface area contributed by atoms with Crippen molar-refractivity contribution in [1.82, 2.24) is 19.6 Å². The van der Waals surface area contributed by atoms with Gasteiger partial charge in [-0.15, -0.1) is 11.3 Å². The Kier molecular flexibility index (Phi) is 5.47. The number of halogens is 2. The molecule has 1 saturated heterocycles. The highest BCUT2D eigenvalue weighted by molar-refractivity contribution is 7.23. The van der Waals surface area contributed by atoms with Gasteiger partial charge in [0.1, 0.15) is 22.7 Å². The van der Waals surface area contributed by atoms with Crippen molar-refractivity contribution in [2.45, 2.75) is 25.9 Å². The van der Waals surface area contributed by atoms with E-state index in [2.05, 4.69) is 11.7 Å². The number of carbonyl (C=O) groups excluding carboxylic acids is 2. The Morgan fingerprint density at radius 1 is 1.24 bits per heavy atom. The fourth-order valence-electron chi connectivity index (χ4n) is 5.76. The number of hydrogen-bond donors (Lipinski definition) is 1. The number of aryl methyl sites for hydroxylation is 2. The van der Waals surface area contributed by atoms with Crippen molar-refractivity contribution in [2.75, 3.05) is 25.4 Å². The number of fused-ring (bicyclic) bond motifs is 2. The molecule has 4 aromatic rings. The predicted octanol–water partition coefficient (Wildman–Crippen LogP) is 4.20. The summed E-state index contributed by atoms with van der Waals surface area (Å²) in [6.45, 7) is 6.77. The number of nitrogen functional groups attached to an aromatic ring is 1. The summed E-state index contributed by atoms with van der Waals surface area (Å²) >= 11 is 0.943. The predicted molar refractivity (Wildman–Crippen MR) is 141 cm³/mol. The first-order chi connectivity index (χ1) is 18.2. The molecule has 2 aromatic carbocycles. The zero-order valence-corrected chi connectivity index (χ0v) is 21.2. The summed E-state index contributed by atoms with van der Waals surface area (Å²) in [7, 11) is 0. The third kappa shape index (κ3) is 3.33. The molecule has 1 atom stereocenters. The van der Waals surface area contributed by atoms with E-state index in [1.807, 2.05) is 6.07 Å². The Balaban J connectivity index is 1.57. The Labute approximate surface area is 220 Å². The molecule has 0 bridgehead atoms. The highest BCUT2D eigenvalue weighted by atomic mass is 32.1. The second-order valence-electron chi connectivity index (χ2n) is 9.49. The van der Waals surface area contributed by atoms with Crippen LogP contribution in [0.3, 0.4) is 0 Å². The topological polar surface area (TPSA) is 108 Å². The number of benzene rings is 2. The molecule has 0 spiro atoms. The average molecular weight is 533 g/mol. The SMILES string of the molecule is C=CC(=O)N1CCN2C(=O)c3cc(F)c(-c4ccc(F)c5sc(N)c(C#N)c45)c4c(C)nn(c34)CCC2C1. The van der Waals surface area contributed by atoms with E-state index in [1.165, 1.54) is 24.3 Å². The van der Waals surface area contributed by atoms with E-state index in [-0.39, 0.29) is 49.6 Å². The normalized spacial score (nSPS) is 17.3. The molecule has 4 heterocycles. The fraction of sp³-hybridized carbons (Fsp3) is 0.259. The second-order valence-corrected chi connectivity index (χ2v) is 10.5. The third-order valence-corrected chi connectivity index (χ3v) is 8.50. The first-order valence-corrected chi connectivity index (χ1v) is 12.9. The van der Waals surface area contributed by atoms with Gasteiger partial charge in [-0.3, -0.25) is 14.3 Å². The number of carbonyl (C=O) groups is 2. The number of piperazine rings is 1. The smallest absolute Gasteiger partial charge is 0.256 e. The lowest BCUT2D eigenvalue weighted by Crippen LogP contribution is -2.57. The van der Waals surface area contributed by atoms with Crippen LogP contribution in [0.1, 0.15) is 28.0 Å². The molecule has 2 aromatic heterocycles. The van der Waals surface area contributed by atoms with Gasteiger partial charge in [-0.25, -0.2) is 8.78 Å². The monoisotopic (exact) mass is 532 g/mol. The third-order valence-electron chi connectivity index (χ3n) is 7.48. The number of thiophene rings is 1. The largest absolute Gasteiger partial charge is 0.389 e. The van der Waals surface area contributed by atoms with Crippen LogP contribution in [-0.4, -0.2) is 57.1 Å². The van der Waals surface area contributed by atoms with Crippen LogP contribution in [0, 0.1) is 29.9 Å². The van der Waals surface area contributed by atoms with E-state index in [1.54, 1.807) is 21.4 Å². The van der Waals surface area contributed by atoms with Gasteiger partial charge in [0.25, 0.3) is 5.91 Å². The van der Waals surface area contributed by atoms with Crippen molar-refractivity contribution in [1.29, 1.82) is 5.26 Å². The molecule has 0 saturated carbocycles. The van der Waals surface area contributed by atoms with Crippen LogP contribution in [-0.2, 0) is 11.3 Å². The molecule has 1 unspecified atom stereocenters. The van der Waals surface area contributed by atoms with E-state index < -0.39 is 11.6 Å². The lowest BCUT2D eigenvalue weighted by atomic mass is 9.92. The molecule has 192 valence electrons. The summed E-state index contributed by atoms with van der Waals surface area (Å²) in [5.41, 5.74) is 7.75. The fourth-order valence-corrected chi connectivity index (χ4v) is 6.71. The molecule has 1 fully saturated rings. The van der Waals surface area contributed by atoms with Gasteiger partial charge in [0.15, 0.2) is 0 Å². The van der Waals surface area contributed by atoms with Gasteiger partial charge in [-0.1, -0.05) is 12.6 Å². The second kappa shape index (κ2) is 8.63. The summed E-state index contributed by atoms with van der Waals surface area (Å²) in [5, 5.41) is 15.2. The number of aromatic nitrogens is 2. The molecule has 0 aliphatic carbocycles. The quantitative estimate of drug-likeness (QED) is 0.389. The number of rotatable bonds is 2. The van der Waals surface area contributed by atoms with Gasteiger partial charge in [-0.2, -0.15) is 10.4 Å². The summed E-state index contributed by atoms with van der Waals surface area (Å²) in [5.74, 6) is -1.75. The van der Waals surface area contributed by atoms with Gasteiger partial charge < -0.3 is 15.5 Å². The number of nitrogens with zero attached hydrogens (tertiary/aromatic N) is 5. The first-order valence-electron chi connectivity index (χ1n) is 12.1. The maximum absolute atomic E-state index is 16.1. The van der Waals surface area contributed by atoms with Gasteiger partial charge in [0.05, 0.1) is 33.1 Å². The minimum absolute atomic E-state index is 0.0909. The number of hydrogen-bond acceptors (Lipinski definition) is 6. The Hall–Kier alpha value is -4.30. The van der Waals surface area contributed by atoms with Crippen LogP contribution in [0.25, 0.3) is 32.1 Å². The van der Waals surface area contributed by atoms with Crippen LogP contribution >= 0.6 is 11.3 Å². The average Bonchev–Trinajstić information content (AvgIpc) is 3.42. The van der Waals surface area contributed by atoms with E-state index in [0.717, 1.165) is 11.3 Å². The maximum Gasteiger partial charge on any atom is 0.256 e. The van der Waals surface area contributed by atoms with E-state index in [9.17, 15) is 19.2 Å². The van der Waals surface area contributed by atoms with Crippen molar-refractivity contribution in [3.63, 3.8) is 0 Å². The van der Waals surface area contributed by atoms with E-state index in [0.29, 0.717) is 54.8 Å². The molecule has 6 rings (SSSR count). The van der Waals surface area contributed by atoms with Crippen molar-refractivity contribution >= 4 is 49.1 Å². The molecule has 38 heavy (non-hydrogen) atoms. The lowest BCUT2D eigenvalue weighted by molar-refractivity contribution is -0.128. The molecule has 2 aliphatic rings. The van der Waals surface area contributed by atoms with Crippen LogP contribution in [0.2, 0.25) is 0 Å². The van der Waals surface area contributed by atoms with Crippen LogP contribution in [0.15, 0.2) is 30.9 Å². The molecular formula is C27H22F2N6O2S. The summed E-state index contributed by atoms with van der Waals surface area (Å²) < 4.78 is 32.7. The molecule has 2 N–H and O–H groups in total. The van der Waals surface area contributed by atoms with Crippen LogP contribution < -0.4 is 5.73 Å². The molecule has 11 heteroatoms. The summed E-state index contributed by atoms with van der Waals surface area (Å²) in [6.07, 6.45) is 1.81. The first kappa shape index (κ1) is 24.1. The van der Waals surface area contributed by atoms with Crippen molar-refractivity contribution in [3.05, 3.63) is 59.3 Å². The number of nitrogens with two attached hydrogens (primary N) is 1. The highest BCUT2D eigenvalue weighted by Crippen LogP contribution is 2.45. The van der Waals surface area contributed by atoms with E-state index in [4.69, 9.17) is 5.73 Å². The zero-order chi connectivity index (χ0) is 26.9. The zero-order valence-electron chi connectivity index (χ0n) is 20.4. The molecule has 0 radical (unpaired) electrons. The van der Waals surface area contributed by atoms with Gasteiger partial charge in [-0.05, 0) is 37.1 Å². The highest BCUT2D eigenvalue weighted by Gasteiger charge is 2.36.